The molecule has 0 aromatic carbocycles. The van der Waals surface area contributed by atoms with Gasteiger partial charge in [0.25, 0.3) is 0 Å². The Kier molecular flexibility index (Phi) is 6.28. The number of hydrogen-bond donors (Lipinski definition) is 3. The summed E-state index contributed by atoms with van der Waals surface area (Å²) < 4.78 is 0. The molecule has 2 unspecified atom stereocenters. The summed E-state index contributed by atoms with van der Waals surface area (Å²) in [6.45, 7) is 1.25. The minimum absolute atomic E-state index is 0.0166. The standard InChI is InChI=1S/C12H17NO4S/c1-8(15)18-6-5-11(16)12(17)10-4-2-3-9(7-14)13-10/h2-4,11-12,14,16-17H,5-7H2,1H3. The van der Waals surface area contributed by atoms with E-state index in [-0.39, 0.29) is 11.7 Å². The number of hydrogen-bond acceptors (Lipinski definition) is 6. The van der Waals surface area contributed by atoms with Gasteiger partial charge in [0, 0.05) is 12.7 Å². The van der Waals surface area contributed by atoms with Gasteiger partial charge < -0.3 is 15.3 Å². The number of carbonyl (C=O) groups excluding carboxylic acids is 1. The van der Waals surface area contributed by atoms with E-state index in [1.54, 1.807) is 18.2 Å². The molecule has 0 radical (unpaired) electrons. The van der Waals surface area contributed by atoms with Gasteiger partial charge in [-0.05, 0) is 18.6 Å². The normalized spacial score (nSPS) is 14.2. The SMILES string of the molecule is CC(=O)SCCC(O)C(O)c1cccc(CO)n1. The molecule has 0 amide bonds. The Labute approximate surface area is 110 Å². The largest absolute Gasteiger partial charge is 0.390 e. The monoisotopic (exact) mass is 271 g/mol. The van der Waals surface area contributed by atoms with Crippen LogP contribution in [0.4, 0.5) is 0 Å². The lowest BCUT2D eigenvalue weighted by Gasteiger charge is -2.17. The highest BCUT2D eigenvalue weighted by Crippen LogP contribution is 2.19. The first-order valence-corrected chi connectivity index (χ1v) is 6.59. The second-order valence-electron chi connectivity index (χ2n) is 3.85. The minimum atomic E-state index is -1.11. The van der Waals surface area contributed by atoms with Crippen molar-refractivity contribution in [2.45, 2.75) is 32.2 Å². The lowest BCUT2D eigenvalue weighted by molar-refractivity contribution is -0.109. The van der Waals surface area contributed by atoms with Crippen molar-refractivity contribution in [1.29, 1.82) is 0 Å². The van der Waals surface area contributed by atoms with Gasteiger partial charge in [0.15, 0.2) is 5.12 Å². The average Bonchev–Trinajstić information content (AvgIpc) is 2.37. The van der Waals surface area contributed by atoms with Crippen molar-refractivity contribution in [3.8, 4) is 0 Å². The van der Waals surface area contributed by atoms with Crippen LogP contribution in [0.3, 0.4) is 0 Å². The van der Waals surface area contributed by atoms with Crippen molar-refractivity contribution in [2.75, 3.05) is 5.75 Å². The summed E-state index contributed by atoms with van der Waals surface area (Å²) in [5, 5.41) is 28.6. The Morgan fingerprint density at radius 3 is 2.78 bits per heavy atom. The molecule has 6 heteroatoms. The maximum absolute atomic E-state index is 10.7. The van der Waals surface area contributed by atoms with Gasteiger partial charge in [0.2, 0.25) is 0 Å². The number of aliphatic hydroxyl groups excluding tert-OH is 3. The number of pyridine rings is 1. The van der Waals surface area contributed by atoms with E-state index in [9.17, 15) is 15.0 Å². The lowest BCUT2D eigenvalue weighted by Crippen LogP contribution is -2.20. The van der Waals surface area contributed by atoms with Crippen LogP contribution in [0.25, 0.3) is 0 Å². The van der Waals surface area contributed by atoms with Gasteiger partial charge in [0.05, 0.1) is 24.1 Å². The van der Waals surface area contributed by atoms with Crippen molar-refractivity contribution in [1.82, 2.24) is 4.98 Å². The Morgan fingerprint density at radius 1 is 1.44 bits per heavy atom. The molecule has 0 aliphatic carbocycles. The molecule has 0 saturated carbocycles. The second-order valence-corrected chi connectivity index (χ2v) is 5.12. The third kappa shape index (κ3) is 4.73. The molecule has 0 aliphatic heterocycles. The van der Waals surface area contributed by atoms with Crippen LogP contribution in [0, 0.1) is 0 Å². The molecule has 1 aromatic heterocycles. The first-order valence-electron chi connectivity index (χ1n) is 5.60. The zero-order chi connectivity index (χ0) is 13.5. The minimum Gasteiger partial charge on any atom is -0.390 e. The van der Waals surface area contributed by atoms with Gasteiger partial charge in [-0.15, -0.1) is 0 Å². The number of aliphatic hydroxyl groups is 3. The molecule has 18 heavy (non-hydrogen) atoms. The molecule has 1 aromatic rings. The first kappa shape index (κ1) is 15.1. The molecular weight excluding hydrogens is 254 g/mol. The highest BCUT2D eigenvalue weighted by atomic mass is 32.2. The van der Waals surface area contributed by atoms with E-state index in [0.29, 0.717) is 23.6 Å². The molecule has 0 spiro atoms. The quantitative estimate of drug-likeness (QED) is 0.703. The van der Waals surface area contributed by atoms with E-state index in [0.717, 1.165) is 11.8 Å². The molecule has 100 valence electrons. The predicted octanol–water partition coefficient (Wildman–Crippen LogP) is 0.638. The fourth-order valence-corrected chi connectivity index (χ4v) is 2.08. The summed E-state index contributed by atoms with van der Waals surface area (Å²) >= 11 is 1.11. The predicted molar refractivity (Wildman–Crippen MR) is 68.9 cm³/mol. The summed E-state index contributed by atoms with van der Waals surface area (Å²) in [7, 11) is 0. The summed E-state index contributed by atoms with van der Waals surface area (Å²) in [4.78, 5) is 14.7. The Bertz CT molecular complexity index is 399. The van der Waals surface area contributed by atoms with Gasteiger partial charge >= 0.3 is 0 Å². The Morgan fingerprint density at radius 2 is 2.17 bits per heavy atom. The van der Waals surface area contributed by atoms with Crippen LogP contribution in [0.5, 0.6) is 0 Å². The Balaban J connectivity index is 2.56. The van der Waals surface area contributed by atoms with Crippen LogP contribution in [0.15, 0.2) is 18.2 Å². The topological polar surface area (TPSA) is 90.7 Å². The van der Waals surface area contributed by atoms with Crippen LogP contribution < -0.4 is 0 Å². The summed E-state index contributed by atoms with van der Waals surface area (Å²) in [6.07, 6.45) is -1.78. The zero-order valence-corrected chi connectivity index (χ0v) is 10.9. The summed E-state index contributed by atoms with van der Waals surface area (Å²) in [5.41, 5.74) is 0.763. The van der Waals surface area contributed by atoms with E-state index in [1.807, 2.05) is 0 Å². The van der Waals surface area contributed by atoms with Crippen LogP contribution in [-0.2, 0) is 11.4 Å². The van der Waals surface area contributed by atoms with Gasteiger partial charge in [-0.25, -0.2) is 0 Å². The van der Waals surface area contributed by atoms with Gasteiger partial charge in [-0.3, -0.25) is 9.78 Å². The van der Waals surface area contributed by atoms with E-state index < -0.39 is 12.2 Å². The lowest BCUT2D eigenvalue weighted by atomic mass is 10.1. The third-order valence-electron chi connectivity index (χ3n) is 2.38. The van der Waals surface area contributed by atoms with Crippen LogP contribution >= 0.6 is 11.8 Å². The van der Waals surface area contributed by atoms with Crippen molar-refractivity contribution < 1.29 is 20.1 Å². The molecule has 2 atom stereocenters. The van der Waals surface area contributed by atoms with Crippen molar-refractivity contribution in [3.05, 3.63) is 29.6 Å². The molecule has 1 heterocycles. The van der Waals surface area contributed by atoms with Crippen LogP contribution in [-0.4, -0.2) is 37.3 Å². The summed E-state index contributed by atoms with van der Waals surface area (Å²) in [5.74, 6) is 0.452. The molecular formula is C12H17NO4S. The molecule has 5 nitrogen and oxygen atoms in total. The molecule has 0 fully saturated rings. The number of nitrogens with zero attached hydrogens (tertiary/aromatic N) is 1. The van der Waals surface area contributed by atoms with Crippen LogP contribution in [0.1, 0.15) is 30.8 Å². The zero-order valence-electron chi connectivity index (χ0n) is 10.1. The molecule has 1 rings (SSSR count). The maximum Gasteiger partial charge on any atom is 0.185 e. The highest BCUT2D eigenvalue weighted by Gasteiger charge is 2.19. The maximum atomic E-state index is 10.7. The number of carbonyl (C=O) groups is 1. The average molecular weight is 271 g/mol. The molecule has 3 N–H and O–H groups in total. The van der Waals surface area contributed by atoms with Gasteiger partial charge in [-0.2, -0.15) is 0 Å². The second kappa shape index (κ2) is 7.48. The van der Waals surface area contributed by atoms with Crippen molar-refractivity contribution in [2.24, 2.45) is 0 Å². The third-order valence-corrected chi connectivity index (χ3v) is 3.22. The molecule has 0 aliphatic rings. The fraction of sp³-hybridized carbons (Fsp3) is 0.500. The number of thioether (sulfide) groups is 1. The first-order chi connectivity index (χ1) is 8.54. The smallest absolute Gasteiger partial charge is 0.185 e. The van der Waals surface area contributed by atoms with Crippen molar-refractivity contribution >= 4 is 16.9 Å². The van der Waals surface area contributed by atoms with Crippen molar-refractivity contribution in [3.63, 3.8) is 0 Å². The summed E-state index contributed by atoms with van der Waals surface area (Å²) in [6, 6.07) is 4.88. The molecule has 0 bridgehead atoms. The van der Waals surface area contributed by atoms with Gasteiger partial charge in [0.1, 0.15) is 6.10 Å². The number of aromatic nitrogens is 1. The molecule has 0 saturated heterocycles. The number of rotatable bonds is 6. The van der Waals surface area contributed by atoms with E-state index in [2.05, 4.69) is 4.98 Å². The van der Waals surface area contributed by atoms with E-state index >= 15 is 0 Å². The Hall–Kier alpha value is -0.950. The van der Waals surface area contributed by atoms with Crippen LogP contribution in [0.2, 0.25) is 0 Å². The van der Waals surface area contributed by atoms with E-state index in [4.69, 9.17) is 5.11 Å². The fourth-order valence-electron chi connectivity index (χ4n) is 1.43. The van der Waals surface area contributed by atoms with E-state index in [1.165, 1.54) is 6.92 Å². The highest BCUT2D eigenvalue weighted by molar-refractivity contribution is 8.13. The van der Waals surface area contributed by atoms with Gasteiger partial charge in [-0.1, -0.05) is 17.8 Å².